The Morgan fingerprint density at radius 3 is 2.88 bits per heavy atom. The average molecular weight is 346 g/mol. The molecule has 1 atom stereocenters. The summed E-state index contributed by atoms with van der Waals surface area (Å²) in [5.41, 5.74) is 1.04. The highest BCUT2D eigenvalue weighted by Crippen LogP contribution is 2.32. The normalized spacial score (nSPS) is 24.2. The second-order valence-electron chi connectivity index (χ2n) is 7.08. The van der Waals surface area contributed by atoms with E-state index in [1.165, 1.54) is 0 Å². The minimum Gasteiger partial charge on any atom is -0.454 e. The molecule has 0 saturated carbocycles. The van der Waals surface area contributed by atoms with Gasteiger partial charge in [-0.2, -0.15) is 0 Å². The lowest BCUT2D eigenvalue weighted by Gasteiger charge is -2.39. The number of ether oxygens (including phenoxy) is 3. The monoisotopic (exact) mass is 346 g/mol. The summed E-state index contributed by atoms with van der Waals surface area (Å²) in [6, 6.07) is 6.40. The third kappa shape index (κ3) is 3.90. The van der Waals surface area contributed by atoms with Gasteiger partial charge >= 0.3 is 0 Å². The van der Waals surface area contributed by atoms with E-state index in [-0.39, 0.29) is 18.6 Å². The highest BCUT2D eigenvalue weighted by atomic mass is 16.7. The van der Waals surface area contributed by atoms with Crippen LogP contribution in [0.5, 0.6) is 11.5 Å². The minimum absolute atomic E-state index is 0.0885. The van der Waals surface area contributed by atoms with Gasteiger partial charge in [0.1, 0.15) is 0 Å². The highest BCUT2D eigenvalue weighted by molar-refractivity contribution is 5.79. The van der Waals surface area contributed by atoms with Gasteiger partial charge in [-0.1, -0.05) is 6.07 Å². The second kappa shape index (κ2) is 7.62. The minimum atomic E-state index is 0.0885. The second-order valence-corrected chi connectivity index (χ2v) is 7.08. The van der Waals surface area contributed by atoms with Crippen molar-refractivity contribution >= 4 is 5.91 Å². The smallest absolute Gasteiger partial charge is 0.231 e. The fourth-order valence-electron chi connectivity index (χ4n) is 3.99. The molecule has 0 radical (unpaired) electrons. The largest absolute Gasteiger partial charge is 0.454 e. The van der Waals surface area contributed by atoms with E-state index >= 15 is 0 Å². The van der Waals surface area contributed by atoms with Crippen LogP contribution in [-0.4, -0.2) is 49.9 Å². The summed E-state index contributed by atoms with van der Waals surface area (Å²) < 4.78 is 16.2. The van der Waals surface area contributed by atoms with Crippen molar-refractivity contribution in [3.8, 4) is 11.5 Å². The molecule has 3 aliphatic rings. The van der Waals surface area contributed by atoms with Crippen LogP contribution in [0.4, 0.5) is 0 Å². The number of piperidine rings is 1. The molecule has 2 fully saturated rings. The van der Waals surface area contributed by atoms with Gasteiger partial charge in [0.25, 0.3) is 0 Å². The summed E-state index contributed by atoms with van der Waals surface area (Å²) in [5.74, 6) is 1.78. The van der Waals surface area contributed by atoms with E-state index in [0.717, 1.165) is 69.0 Å². The SMILES string of the molecule is O=C(NCc1ccc2c(c1)OCO2)[C@@H]1CCCN(C2CCOCC2)C1. The number of nitrogens with one attached hydrogen (secondary N) is 1. The fourth-order valence-corrected chi connectivity index (χ4v) is 3.99. The molecule has 6 heteroatoms. The Kier molecular flexibility index (Phi) is 5.08. The van der Waals surface area contributed by atoms with Crippen LogP contribution < -0.4 is 14.8 Å². The summed E-state index contributed by atoms with van der Waals surface area (Å²) in [7, 11) is 0. The first-order valence-electron chi connectivity index (χ1n) is 9.27. The van der Waals surface area contributed by atoms with Gasteiger partial charge in [-0.15, -0.1) is 0 Å². The van der Waals surface area contributed by atoms with Crippen LogP contribution in [0.15, 0.2) is 18.2 Å². The van der Waals surface area contributed by atoms with Crippen molar-refractivity contribution in [2.45, 2.75) is 38.3 Å². The van der Waals surface area contributed by atoms with Crippen molar-refractivity contribution in [1.82, 2.24) is 10.2 Å². The van der Waals surface area contributed by atoms with Gasteiger partial charge < -0.3 is 19.5 Å². The Morgan fingerprint density at radius 1 is 1.16 bits per heavy atom. The molecule has 136 valence electrons. The molecule has 1 N–H and O–H groups in total. The molecule has 1 aromatic rings. The standard InChI is InChI=1S/C19H26N2O4/c22-19(20-11-14-3-4-17-18(10-14)25-13-24-17)15-2-1-7-21(12-15)16-5-8-23-9-6-16/h3-4,10,15-16H,1-2,5-9,11-13H2,(H,20,22)/t15-/m1/s1. The van der Waals surface area contributed by atoms with Crippen LogP contribution in [0.3, 0.4) is 0 Å². The van der Waals surface area contributed by atoms with Gasteiger partial charge in [0.05, 0.1) is 5.92 Å². The number of hydrogen-bond acceptors (Lipinski definition) is 5. The van der Waals surface area contributed by atoms with Crippen LogP contribution in [0.2, 0.25) is 0 Å². The Hall–Kier alpha value is -1.79. The van der Waals surface area contributed by atoms with E-state index < -0.39 is 0 Å². The lowest BCUT2D eigenvalue weighted by molar-refractivity contribution is -0.127. The van der Waals surface area contributed by atoms with Crippen LogP contribution in [0, 0.1) is 5.92 Å². The summed E-state index contributed by atoms with van der Waals surface area (Å²) in [4.78, 5) is 15.1. The van der Waals surface area contributed by atoms with E-state index in [0.29, 0.717) is 12.6 Å². The predicted octanol–water partition coefficient (Wildman–Crippen LogP) is 1.92. The lowest BCUT2D eigenvalue weighted by atomic mass is 9.94. The Balaban J connectivity index is 1.30. The first kappa shape index (κ1) is 16.7. The summed E-state index contributed by atoms with van der Waals surface area (Å²) in [5, 5.41) is 3.10. The molecule has 2 saturated heterocycles. The number of benzene rings is 1. The van der Waals surface area contributed by atoms with Crippen LogP contribution in [0.1, 0.15) is 31.2 Å². The maximum absolute atomic E-state index is 12.6. The molecule has 1 aromatic carbocycles. The predicted molar refractivity (Wildman–Crippen MR) is 92.5 cm³/mol. The lowest BCUT2D eigenvalue weighted by Crippen LogP contribution is -2.48. The van der Waals surface area contributed by atoms with Crippen molar-refractivity contribution in [1.29, 1.82) is 0 Å². The molecule has 0 aliphatic carbocycles. The first-order chi connectivity index (χ1) is 12.3. The zero-order valence-corrected chi connectivity index (χ0v) is 14.5. The molecule has 0 spiro atoms. The number of rotatable bonds is 4. The zero-order chi connectivity index (χ0) is 17.1. The summed E-state index contributed by atoms with van der Waals surface area (Å²) in [6.07, 6.45) is 4.25. The van der Waals surface area contributed by atoms with E-state index in [9.17, 15) is 4.79 Å². The molecule has 6 nitrogen and oxygen atoms in total. The van der Waals surface area contributed by atoms with Gasteiger partial charge in [-0.05, 0) is 49.9 Å². The topological polar surface area (TPSA) is 60.0 Å². The molecule has 4 rings (SSSR count). The number of amides is 1. The van der Waals surface area contributed by atoms with Crippen molar-refractivity contribution in [2.75, 3.05) is 33.1 Å². The molecular weight excluding hydrogens is 320 g/mol. The van der Waals surface area contributed by atoms with E-state index in [4.69, 9.17) is 14.2 Å². The van der Waals surface area contributed by atoms with E-state index in [1.54, 1.807) is 0 Å². The quantitative estimate of drug-likeness (QED) is 0.903. The Bertz CT molecular complexity index is 615. The van der Waals surface area contributed by atoms with Crippen molar-refractivity contribution in [3.05, 3.63) is 23.8 Å². The maximum Gasteiger partial charge on any atom is 0.231 e. The van der Waals surface area contributed by atoms with Gasteiger partial charge in [-0.25, -0.2) is 0 Å². The maximum atomic E-state index is 12.6. The third-order valence-corrected chi connectivity index (χ3v) is 5.43. The zero-order valence-electron chi connectivity index (χ0n) is 14.5. The molecule has 25 heavy (non-hydrogen) atoms. The average Bonchev–Trinajstić information content (AvgIpc) is 3.15. The van der Waals surface area contributed by atoms with Crippen LogP contribution in [0.25, 0.3) is 0 Å². The number of likely N-dealkylation sites (tertiary alicyclic amines) is 1. The number of carbonyl (C=O) groups is 1. The van der Waals surface area contributed by atoms with Crippen LogP contribution in [-0.2, 0) is 16.1 Å². The fraction of sp³-hybridized carbons (Fsp3) is 0.632. The van der Waals surface area contributed by atoms with Gasteiger partial charge in [0, 0.05) is 32.3 Å². The Labute approximate surface area is 148 Å². The van der Waals surface area contributed by atoms with Crippen molar-refractivity contribution in [2.24, 2.45) is 5.92 Å². The number of fused-ring (bicyclic) bond motifs is 1. The molecule has 3 heterocycles. The Morgan fingerprint density at radius 2 is 2.00 bits per heavy atom. The summed E-state index contributed by atoms with van der Waals surface area (Å²) in [6.45, 7) is 4.48. The highest BCUT2D eigenvalue weighted by Gasteiger charge is 2.30. The molecule has 0 bridgehead atoms. The molecule has 0 aromatic heterocycles. The van der Waals surface area contributed by atoms with Crippen molar-refractivity contribution in [3.63, 3.8) is 0 Å². The molecule has 1 amide bonds. The number of hydrogen-bond donors (Lipinski definition) is 1. The molecular formula is C19H26N2O4. The van der Waals surface area contributed by atoms with Crippen molar-refractivity contribution < 1.29 is 19.0 Å². The third-order valence-electron chi connectivity index (χ3n) is 5.43. The number of carbonyl (C=O) groups excluding carboxylic acids is 1. The van der Waals surface area contributed by atoms with Gasteiger partial charge in [-0.3, -0.25) is 9.69 Å². The first-order valence-corrected chi connectivity index (χ1v) is 9.27. The van der Waals surface area contributed by atoms with Gasteiger partial charge in [0.2, 0.25) is 12.7 Å². The van der Waals surface area contributed by atoms with E-state index in [2.05, 4.69) is 10.2 Å². The van der Waals surface area contributed by atoms with E-state index in [1.807, 2.05) is 18.2 Å². The summed E-state index contributed by atoms with van der Waals surface area (Å²) >= 11 is 0. The molecule has 3 aliphatic heterocycles. The molecule has 0 unspecified atom stereocenters. The number of nitrogens with zero attached hydrogens (tertiary/aromatic N) is 1. The van der Waals surface area contributed by atoms with Crippen LogP contribution >= 0.6 is 0 Å². The van der Waals surface area contributed by atoms with Gasteiger partial charge in [0.15, 0.2) is 11.5 Å².